The van der Waals surface area contributed by atoms with E-state index in [-0.39, 0.29) is 0 Å². The maximum atomic E-state index is 11.4. The Hall–Kier alpha value is -0.610. The molecule has 0 saturated carbocycles. The third kappa shape index (κ3) is 5.50. The Balaban J connectivity index is 4.43. The maximum Gasteiger partial charge on any atom is 0.338 e. The zero-order chi connectivity index (χ0) is 13.5. The van der Waals surface area contributed by atoms with Crippen LogP contribution in [-0.4, -0.2) is 48.3 Å². The number of ether oxygens (including phenoxy) is 1. The Morgan fingerprint density at radius 2 is 1.88 bits per heavy atom. The summed E-state index contributed by atoms with van der Waals surface area (Å²) < 4.78 is 4.60. The molecule has 1 N–H and O–H groups in total. The smallest absolute Gasteiger partial charge is 0.338 e. The molecule has 0 spiro atoms. The second kappa shape index (κ2) is 7.67. The standard InChI is InChI=1S/C13H27NO3/c1-6-11(7-2)9-14(8-3)10-13(4,16)12(15)17-5/h11,16H,6-10H2,1-5H3. The molecule has 0 rings (SSSR count). The molecule has 0 saturated heterocycles. The topological polar surface area (TPSA) is 49.8 Å². The number of nitrogens with zero attached hydrogens (tertiary/aromatic N) is 1. The second-order valence-electron chi connectivity index (χ2n) is 4.78. The largest absolute Gasteiger partial charge is 0.467 e. The van der Waals surface area contributed by atoms with Gasteiger partial charge in [0.15, 0.2) is 5.60 Å². The minimum absolute atomic E-state index is 0.326. The van der Waals surface area contributed by atoms with E-state index in [4.69, 9.17) is 0 Å². The van der Waals surface area contributed by atoms with Gasteiger partial charge >= 0.3 is 5.97 Å². The van der Waals surface area contributed by atoms with Gasteiger partial charge in [-0.1, -0.05) is 33.6 Å². The van der Waals surface area contributed by atoms with Crippen molar-refractivity contribution >= 4 is 5.97 Å². The van der Waals surface area contributed by atoms with Gasteiger partial charge in [-0.25, -0.2) is 4.79 Å². The first kappa shape index (κ1) is 16.4. The van der Waals surface area contributed by atoms with E-state index in [0.717, 1.165) is 25.9 Å². The van der Waals surface area contributed by atoms with Gasteiger partial charge in [0.25, 0.3) is 0 Å². The van der Waals surface area contributed by atoms with Crippen molar-refractivity contribution in [2.75, 3.05) is 26.7 Å². The zero-order valence-corrected chi connectivity index (χ0v) is 11.8. The lowest BCUT2D eigenvalue weighted by molar-refractivity contribution is -0.162. The van der Waals surface area contributed by atoms with Crippen LogP contribution in [0, 0.1) is 5.92 Å². The summed E-state index contributed by atoms with van der Waals surface area (Å²) in [5.41, 5.74) is -1.42. The van der Waals surface area contributed by atoms with Crippen LogP contribution >= 0.6 is 0 Å². The first-order valence-electron chi connectivity index (χ1n) is 6.44. The molecule has 17 heavy (non-hydrogen) atoms. The van der Waals surface area contributed by atoms with E-state index in [0.29, 0.717) is 12.5 Å². The van der Waals surface area contributed by atoms with Crippen LogP contribution in [0.5, 0.6) is 0 Å². The Morgan fingerprint density at radius 3 is 2.24 bits per heavy atom. The van der Waals surface area contributed by atoms with Crippen molar-refractivity contribution < 1.29 is 14.6 Å². The predicted molar refractivity (Wildman–Crippen MR) is 68.8 cm³/mol. The highest BCUT2D eigenvalue weighted by molar-refractivity contribution is 5.78. The molecule has 0 heterocycles. The second-order valence-corrected chi connectivity index (χ2v) is 4.78. The van der Waals surface area contributed by atoms with Crippen molar-refractivity contribution in [2.24, 2.45) is 5.92 Å². The summed E-state index contributed by atoms with van der Waals surface area (Å²) in [6, 6.07) is 0. The Bertz CT molecular complexity index is 225. The molecular formula is C13H27NO3. The summed E-state index contributed by atoms with van der Waals surface area (Å²) in [5.74, 6) is 0.0453. The lowest BCUT2D eigenvalue weighted by Gasteiger charge is -2.31. The molecule has 0 aliphatic carbocycles. The molecule has 0 bridgehead atoms. The lowest BCUT2D eigenvalue weighted by Crippen LogP contribution is -2.48. The fraction of sp³-hybridized carbons (Fsp3) is 0.923. The van der Waals surface area contributed by atoms with Gasteiger partial charge in [-0.3, -0.25) is 4.90 Å². The molecule has 0 aliphatic heterocycles. The first-order valence-corrected chi connectivity index (χ1v) is 6.44. The van der Waals surface area contributed by atoms with Crippen LogP contribution in [0.1, 0.15) is 40.5 Å². The van der Waals surface area contributed by atoms with Crippen LogP contribution in [-0.2, 0) is 9.53 Å². The molecule has 0 aliphatic rings. The molecule has 102 valence electrons. The van der Waals surface area contributed by atoms with Crippen LogP contribution in [0.15, 0.2) is 0 Å². The number of esters is 1. The van der Waals surface area contributed by atoms with Gasteiger partial charge in [-0.15, -0.1) is 0 Å². The third-order valence-corrected chi connectivity index (χ3v) is 3.27. The van der Waals surface area contributed by atoms with Crippen LogP contribution in [0.4, 0.5) is 0 Å². The van der Waals surface area contributed by atoms with Crippen molar-refractivity contribution in [1.82, 2.24) is 4.90 Å². The van der Waals surface area contributed by atoms with Crippen LogP contribution in [0.25, 0.3) is 0 Å². The van der Waals surface area contributed by atoms with Crippen molar-refractivity contribution in [3.05, 3.63) is 0 Å². The average Bonchev–Trinajstić information content (AvgIpc) is 2.32. The summed E-state index contributed by atoms with van der Waals surface area (Å²) in [5, 5.41) is 10.0. The summed E-state index contributed by atoms with van der Waals surface area (Å²) in [4.78, 5) is 13.5. The Kier molecular flexibility index (Phi) is 7.39. The van der Waals surface area contributed by atoms with E-state index >= 15 is 0 Å². The molecule has 0 fully saturated rings. The van der Waals surface area contributed by atoms with Gasteiger partial charge in [0, 0.05) is 13.1 Å². The van der Waals surface area contributed by atoms with E-state index < -0.39 is 11.6 Å². The highest BCUT2D eigenvalue weighted by atomic mass is 16.5. The quantitative estimate of drug-likeness (QED) is 0.661. The number of rotatable bonds is 8. The lowest BCUT2D eigenvalue weighted by atomic mass is 10.0. The molecule has 4 heteroatoms. The normalized spacial score (nSPS) is 15.1. The number of carbonyl (C=O) groups is 1. The van der Waals surface area contributed by atoms with Gasteiger partial charge in [-0.05, 0) is 19.4 Å². The minimum atomic E-state index is -1.42. The van der Waals surface area contributed by atoms with E-state index in [1.807, 2.05) is 6.92 Å². The summed E-state index contributed by atoms with van der Waals surface area (Å²) >= 11 is 0. The molecule has 0 aromatic carbocycles. The first-order chi connectivity index (χ1) is 7.91. The fourth-order valence-corrected chi connectivity index (χ4v) is 1.94. The SMILES string of the molecule is CCC(CC)CN(CC)CC(C)(O)C(=O)OC. The van der Waals surface area contributed by atoms with E-state index in [2.05, 4.69) is 23.5 Å². The zero-order valence-electron chi connectivity index (χ0n) is 11.8. The van der Waals surface area contributed by atoms with Crippen LogP contribution in [0.2, 0.25) is 0 Å². The number of hydrogen-bond donors (Lipinski definition) is 1. The van der Waals surface area contributed by atoms with Gasteiger partial charge < -0.3 is 9.84 Å². The molecule has 0 aromatic heterocycles. The predicted octanol–water partition coefficient (Wildman–Crippen LogP) is 1.67. The van der Waals surface area contributed by atoms with Crippen molar-refractivity contribution in [3.63, 3.8) is 0 Å². The van der Waals surface area contributed by atoms with Gasteiger partial charge in [0.05, 0.1) is 7.11 Å². The van der Waals surface area contributed by atoms with Crippen molar-refractivity contribution in [1.29, 1.82) is 0 Å². The number of carbonyl (C=O) groups excluding carboxylic acids is 1. The summed E-state index contributed by atoms with van der Waals surface area (Å²) in [6.07, 6.45) is 2.24. The Morgan fingerprint density at radius 1 is 1.35 bits per heavy atom. The highest BCUT2D eigenvalue weighted by Gasteiger charge is 2.33. The average molecular weight is 245 g/mol. The highest BCUT2D eigenvalue weighted by Crippen LogP contribution is 2.14. The van der Waals surface area contributed by atoms with Crippen LogP contribution < -0.4 is 0 Å². The molecular weight excluding hydrogens is 218 g/mol. The molecule has 4 nitrogen and oxygen atoms in total. The molecule has 0 aromatic rings. The van der Waals surface area contributed by atoms with Crippen molar-refractivity contribution in [3.8, 4) is 0 Å². The number of likely N-dealkylation sites (N-methyl/N-ethyl adjacent to an activating group) is 1. The van der Waals surface area contributed by atoms with E-state index in [1.54, 1.807) is 0 Å². The van der Waals surface area contributed by atoms with Crippen molar-refractivity contribution in [2.45, 2.75) is 46.1 Å². The number of hydrogen-bond acceptors (Lipinski definition) is 4. The third-order valence-electron chi connectivity index (χ3n) is 3.27. The van der Waals surface area contributed by atoms with Crippen LogP contribution in [0.3, 0.4) is 0 Å². The summed E-state index contributed by atoms with van der Waals surface area (Å²) in [7, 11) is 1.30. The maximum absolute atomic E-state index is 11.4. The van der Waals surface area contributed by atoms with Gasteiger partial charge in [0.1, 0.15) is 0 Å². The summed E-state index contributed by atoms with van der Waals surface area (Å²) in [6.45, 7) is 9.94. The molecule has 1 unspecified atom stereocenters. The molecule has 0 amide bonds. The van der Waals surface area contributed by atoms with E-state index in [1.165, 1.54) is 14.0 Å². The van der Waals surface area contributed by atoms with Gasteiger partial charge in [0.2, 0.25) is 0 Å². The molecule has 1 atom stereocenters. The molecule has 0 radical (unpaired) electrons. The minimum Gasteiger partial charge on any atom is -0.467 e. The van der Waals surface area contributed by atoms with E-state index in [9.17, 15) is 9.90 Å². The van der Waals surface area contributed by atoms with Gasteiger partial charge in [-0.2, -0.15) is 0 Å². The fourth-order valence-electron chi connectivity index (χ4n) is 1.94. The number of aliphatic hydroxyl groups is 1. The number of methoxy groups -OCH3 is 1. The Labute approximate surface area is 105 Å². The monoisotopic (exact) mass is 245 g/mol.